The molecule has 2 aromatic carbocycles. The summed E-state index contributed by atoms with van der Waals surface area (Å²) in [6.07, 6.45) is 0. The molecule has 0 spiro atoms. The molecule has 0 aliphatic rings. The SMILES string of the molecule is COc1cc(F)ccc1NC(=O)c1c(F)cccc1Br. The van der Waals surface area contributed by atoms with Crippen molar-refractivity contribution in [1.82, 2.24) is 0 Å². The van der Waals surface area contributed by atoms with Crippen LogP contribution in [0.5, 0.6) is 5.75 Å². The van der Waals surface area contributed by atoms with Crippen molar-refractivity contribution in [3.63, 3.8) is 0 Å². The van der Waals surface area contributed by atoms with Crippen LogP contribution in [-0.4, -0.2) is 13.0 Å². The summed E-state index contributed by atoms with van der Waals surface area (Å²) in [5.41, 5.74) is 0.132. The van der Waals surface area contributed by atoms with E-state index < -0.39 is 17.5 Å². The molecule has 2 rings (SSSR count). The number of carbonyl (C=O) groups is 1. The van der Waals surface area contributed by atoms with Crippen molar-refractivity contribution in [2.24, 2.45) is 0 Å². The number of amides is 1. The van der Waals surface area contributed by atoms with Gasteiger partial charge in [-0.05, 0) is 40.2 Å². The third kappa shape index (κ3) is 2.96. The van der Waals surface area contributed by atoms with E-state index in [-0.39, 0.29) is 17.0 Å². The average molecular weight is 342 g/mol. The van der Waals surface area contributed by atoms with Crippen LogP contribution in [-0.2, 0) is 0 Å². The van der Waals surface area contributed by atoms with E-state index >= 15 is 0 Å². The fourth-order valence-electron chi connectivity index (χ4n) is 1.67. The summed E-state index contributed by atoms with van der Waals surface area (Å²) >= 11 is 3.12. The molecule has 0 saturated heterocycles. The highest BCUT2D eigenvalue weighted by Crippen LogP contribution is 2.27. The summed E-state index contributed by atoms with van der Waals surface area (Å²) in [6.45, 7) is 0. The minimum absolute atomic E-state index is 0.126. The second-order valence-electron chi connectivity index (χ2n) is 3.90. The van der Waals surface area contributed by atoms with Crippen LogP contribution in [0.1, 0.15) is 10.4 Å². The van der Waals surface area contributed by atoms with Crippen molar-refractivity contribution in [3.05, 3.63) is 58.1 Å². The van der Waals surface area contributed by atoms with Crippen molar-refractivity contribution < 1.29 is 18.3 Å². The molecular weight excluding hydrogens is 332 g/mol. The molecule has 6 heteroatoms. The molecule has 0 heterocycles. The van der Waals surface area contributed by atoms with Crippen LogP contribution in [0.25, 0.3) is 0 Å². The van der Waals surface area contributed by atoms with E-state index in [9.17, 15) is 13.6 Å². The van der Waals surface area contributed by atoms with Crippen molar-refractivity contribution in [3.8, 4) is 5.75 Å². The molecular formula is C14H10BrF2NO2. The lowest BCUT2D eigenvalue weighted by Gasteiger charge is -2.11. The van der Waals surface area contributed by atoms with Crippen LogP contribution in [0.4, 0.5) is 14.5 Å². The predicted octanol–water partition coefficient (Wildman–Crippen LogP) is 3.99. The van der Waals surface area contributed by atoms with Gasteiger partial charge in [0.05, 0.1) is 18.4 Å². The maximum absolute atomic E-state index is 13.7. The number of methoxy groups -OCH3 is 1. The lowest BCUT2D eigenvalue weighted by molar-refractivity contribution is 0.102. The van der Waals surface area contributed by atoms with Crippen LogP contribution < -0.4 is 10.1 Å². The zero-order chi connectivity index (χ0) is 14.7. The quantitative estimate of drug-likeness (QED) is 0.916. The Kier molecular flexibility index (Phi) is 4.34. The summed E-state index contributed by atoms with van der Waals surface area (Å²) in [4.78, 5) is 12.1. The summed E-state index contributed by atoms with van der Waals surface area (Å²) in [5.74, 6) is -1.64. The average Bonchev–Trinajstić information content (AvgIpc) is 2.40. The number of benzene rings is 2. The van der Waals surface area contributed by atoms with Gasteiger partial charge in [0, 0.05) is 10.5 Å². The summed E-state index contributed by atoms with van der Waals surface area (Å²) in [7, 11) is 1.35. The largest absolute Gasteiger partial charge is 0.494 e. The second-order valence-corrected chi connectivity index (χ2v) is 4.75. The van der Waals surface area contributed by atoms with Gasteiger partial charge in [-0.15, -0.1) is 0 Å². The highest BCUT2D eigenvalue weighted by Gasteiger charge is 2.17. The molecule has 0 bridgehead atoms. The van der Waals surface area contributed by atoms with E-state index in [1.54, 1.807) is 6.07 Å². The molecule has 0 aliphatic carbocycles. The number of rotatable bonds is 3. The van der Waals surface area contributed by atoms with E-state index in [1.807, 2.05) is 0 Å². The molecule has 0 radical (unpaired) electrons. The highest BCUT2D eigenvalue weighted by molar-refractivity contribution is 9.10. The van der Waals surface area contributed by atoms with Gasteiger partial charge >= 0.3 is 0 Å². The van der Waals surface area contributed by atoms with E-state index in [0.717, 1.165) is 6.07 Å². The van der Waals surface area contributed by atoms with Gasteiger partial charge in [-0.3, -0.25) is 4.79 Å². The van der Waals surface area contributed by atoms with Gasteiger partial charge in [0.25, 0.3) is 5.91 Å². The molecule has 1 amide bonds. The Labute approximate surface area is 122 Å². The number of anilines is 1. The maximum Gasteiger partial charge on any atom is 0.259 e. The second kappa shape index (κ2) is 6.00. The summed E-state index contributed by atoms with van der Waals surface area (Å²) < 4.78 is 32.0. The Morgan fingerprint density at radius 1 is 1.25 bits per heavy atom. The molecule has 0 aliphatic heterocycles. The number of hydrogen-bond acceptors (Lipinski definition) is 2. The van der Waals surface area contributed by atoms with Gasteiger partial charge in [0.1, 0.15) is 17.4 Å². The van der Waals surface area contributed by atoms with Crippen LogP contribution in [0.15, 0.2) is 40.9 Å². The van der Waals surface area contributed by atoms with Gasteiger partial charge in [-0.1, -0.05) is 6.07 Å². The van der Waals surface area contributed by atoms with Crippen LogP contribution in [0.3, 0.4) is 0 Å². The topological polar surface area (TPSA) is 38.3 Å². The van der Waals surface area contributed by atoms with Crippen molar-refractivity contribution in [2.45, 2.75) is 0 Å². The van der Waals surface area contributed by atoms with Gasteiger partial charge in [0.15, 0.2) is 0 Å². The summed E-state index contributed by atoms with van der Waals surface area (Å²) in [6, 6.07) is 7.87. The first-order valence-corrected chi connectivity index (χ1v) is 6.41. The van der Waals surface area contributed by atoms with Crippen molar-refractivity contribution in [1.29, 1.82) is 0 Å². The molecule has 3 nitrogen and oxygen atoms in total. The van der Waals surface area contributed by atoms with Crippen LogP contribution >= 0.6 is 15.9 Å². The molecule has 0 aromatic heterocycles. The van der Waals surface area contributed by atoms with Crippen molar-refractivity contribution >= 4 is 27.5 Å². The molecule has 2 aromatic rings. The van der Waals surface area contributed by atoms with E-state index in [0.29, 0.717) is 4.47 Å². The molecule has 20 heavy (non-hydrogen) atoms. The van der Waals surface area contributed by atoms with Crippen molar-refractivity contribution in [2.75, 3.05) is 12.4 Å². The minimum Gasteiger partial charge on any atom is -0.494 e. The van der Waals surface area contributed by atoms with Gasteiger partial charge in [-0.25, -0.2) is 8.78 Å². The van der Waals surface area contributed by atoms with E-state index in [4.69, 9.17) is 4.74 Å². The Morgan fingerprint density at radius 2 is 2.00 bits per heavy atom. The lowest BCUT2D eigenvalue weighted by atomic mass is 10.2. The first-order chi connectivity index (χ1) is 9.52. The molecule has 0 fully saturated rings. The minimum atomic E-state index is -0.655. The number of ether oxygens (including phenoxy) is 1. The highest BCUT2D eigenvalue weighted by atomic mass is 79.9. The Balaban J connectivity index is 2.33. The molecule has 104 valence electrons. The maximum atomic E-state index is 13.7. The fourth-order valence-corrected chi connectivity index (χ4v) is 2.19. The first kappa shape index (κ1) is 14.5. The molecule has 0 unspecified atom stereocenters. The normalized spacial score (nSPS) is 10.2. The smallest absolute Gasteiger partial charge is 0.259 e. The lowest BCUT2D eigenvalue weighted by Crippen LogP contribution is -2.15. The molecule has 0 atom stereocenters. The number of nitrogens with one attached hydrogen (secondary N) is 1. The number of carbonyl (C=O) groups excluding carboxylic acids is 1. The van der Waals surface area contributed by atoms with Gasteiger partial charge in [0.2, 0.25) is 0 Å². The third-order valence-corrected chi connectivity index (χ3v) is 3.26. The monoisotopic (exact) mass is 341 g/mol. The fraction of sp³-hybridized carbons (Fsp3) is 0.0714. The zero-order valence-corrected chi connectivity index (χ0v) is 12.0. The van der Waals surface area contributed by atoms with Gasteiger partial charge < -0.3 is 10.1 Å². The Hall–Kier alpha value is -1.95. The Morgan fingerprint density at radius 3 is 2.65 bits per heavy atom. The van der Waals surface area contributed by atoms with Gasteiger partial charge in [-0.2, -0.15) is 0 Å². The first-order valence-electron chi connectivity index (χ1n) is 5.62. The number of halogens is 3. The zero-order valence-electron chi connectivity index (χ0n) is 10.4. The molecule has 1 N–H and O–H groups in total. The van der Waals surface area contributed by atoms with E-state index in [1.165, 1.54) is 31.4 Å². The summed E-state index contributed by atoms with van der Waals surface area (Å²) in [5, 5.41) is 2.49. The third-order valence-electron chi connectivity index (χ3n) is 2.60. The molecule has 0 saturated carbocycles. The number of hydrogen-bond donors (Lipinski definition) is 1. The van der Waals surface area contributed by atoms with Crippen LogP contribution in [0, 0.1) is 11.6 Å². The standard InChI is InChI=1S/C14H10BrF2NO2/c1-20-12-7-8(16)5-6-11(12)18-14(19)13-9(15)3-2-4-10(13)17/h2-7H,1H3,(H,18,19). The Bertz CT molecular complexity index is 641. The predicted molar refractivity (Wildman–Crippen MR) is 75.0 cm³/mol. The van der Waals surface area contributed by atoms with Crippen LogP contribution in [0.2, 0.25) is 0 Å². The van der Waals surface area contributed by atoms with E-state index in [2.05, 4.69) is 21.2 Å².